The predicted molar refractivity (Wildman–Crippen MR) is 291 cm³/mol. The topological polar surface area (TPSA) is 416 Å². The van der Waals surface area contributed by atoms with E-state index in [1.54, 1.807) is 0 Å². The van der Waals surface area contributed by atoms with Crippen LogP contribution in [0.1, 0.15) is 120 Å². The monoisotopic (exact) mass is 1220 g/mol. The lowest BCUT2D eigenvalue weighted by Crippen LogP contribution is -2.70. The van der Waals surface area contributed by atoms with Gasteiger partial charge in [0.25, 0.3) is 0 Å². The van der Waals surface area contributed by atoms with Crippen molar-refractivity contribution in [3.05, 3.63) is 11.6 Å². The van der Waals surface area contributed by atoms with Gasteiger partial charge in [-0.15, -0.1) is 0 Å². The maximum atomic E-state index is 13.2. The first kappa shape index (κ1) is 68.1. The molecule has 5 heterocycles. The van der Waals surface area contributed by atoms with Crippen LogP contribution in [0.4, 0.5) is 0 Å². The van der Waals surface area contributed by atoms with Crippen LogP contribution in [0.3, 0.4) is 0 Å². The van der Waals surface area contributed by atoms with Gasteiger partial charge in [-0.2, -0.15) is 0 Å². The molecule has 9 rings (SSSR count). The molecule has 33 atom stereocenters. The van der Waals surface area contributed by atoms with Gasteiger partial charge in [0.15, 0.2) is 31.5 Å². The molecule has 85 heavy (non-hydrogen) atoms. The van der Waals surface area contributed by atoms with Crippen molar-refractivity contribution in [1.82, 2.24) is 0 Å². The first-order valence-electron chi connectivity index (χ1n) is 30.6. The third-order valence-corrected chi connectivity index (χ3v) is 23.1. The van der Waals surface area contributed by atoms with E-state index in [2.05, 4.69) is 47.6 Å². The zero-order valence-electron chi connectivity index (χ0n) is 50.4. The Morgan fingerprint density at radius 2 is 1.06 bits per heavy atom. The number of aliphatic hydroxyl groups excluding tert-OH is 16. The first-order chi connectivity index (χ1) is 39.8. The smallest absolute Gasteiger partial charge is 0.187 e. The molecule has 492 valence electrons. The highest BCUT2D eigenvalue weighted by Gasteiger charge is 2.76. The van der Waals surface area contributed by atoms with Crippen LogP contribution in [0, 0.1) is 44.8 Å². The summed E-state index contributed by atoms with van der Waals surface area (Å²) in [5.41, 5.74) is -2.71. The molecule has 0 bridgehead atoms. The van der Waals surface area contributed by atoms with E-state index in [0.717, 1.165) is 24.8 Å². The molecule has 0 unspecified atom stereocenters. The molecule has 0 aromatic rings. The van der Waals surface area contributed by atoms with Gasteiger partial charge in [0, 0.05) is 5.41 Å². The molecule has 0 aromatic heterocycles. The van der Waals surface area contributed by atoms with E-state index >= 15 is 0 Å². The van der Waals surface area contributed by atoms with Gasteiger partial charge < -0.3 is 129 Å². The van der Waals surface area contributed by atoms with Crippen LogP contribution in [0.25, 0.3) is 0 Å². The zero-order chi connectivity index (χ0) is 62.4. The summed E-state index contributed by atoms with van der Waals surface area (Å²) in [7, 11) is 0. The number of fused-ring (bicyclic) bond motifs is 5. The van der Waals surface area contributed by atoms with Gasteiger partial charge in [-0.3, -0.25) is 0 Å². The highest BCUT2D eigenvalue weighted by molar-refractivity contribution is 5.24. The Bertz CT molecular complexity index is 2260. The second-order valence-electron chi connectivity index (χ2n) is 28.2. The van der Waals surface area contributed by atoms with Crippen LogP contribution >= 0.6 is 0 Å². The van der Waals surface area contributed by atoms with Crippen molar-refractivity contribution in [2.45, 2.75) is 279 Å². The third kappa shape index (κ3) is 11.7. The quantitative estimate of drug-likeness (QED) is 0.0490. The largest absolute Gasteiger partial charge is 0.394 e. The second kappa shape index (κ2) is 25.7. The number of hydrogen-bond donors (Lipinski definition) is 16. The molecule has 0 radical (unpaired) electrons. The fourth-order valence-electron chi connectivity index (χ4n) is 17.8. The molecule has 4 saturated carbocycles. The SMILES string of the molecule is CC(C)=CCC[C@@](C)(O[C@H]1O[C@@H](CO[C@H]2O[C@H](CO)[C@@H](O)[C@@H]2O)[C@H](O)[C@@H](O)[C@@H]1O)[C@@H]1CC[C@@]2(C)[C@@]1(C)[C@@H](O)C[C@H]1[C@]3(C)CC[C@@H](O[C@H]4O[C@@H](CO)[C@H](O)[C@@H](O)[C@@H]4O[C@H]4O[C@@H](CO)[C@H](O)[C@@H](O)[C@@H]4O[C@H]4OC[C@H](O)[C@@H](O)[C@@H]4O)C(C)(C)[C@H]3CC[C@@]12C. The minimum Gasteiger partial charge on any atom is -0.394 e. The summed E-state index contributed by atoms with van der Waals surface area (Å²) in [6, 6.07) is 0. The summed E-state index contributed by atoms with van der Waals surface area (Å²) in [5.74, 6) is -0.372. The predicted octanol–water partition coefficient (Wildman–Crippen LogP) is -2.71. The number of rotatable bonds is 18. The Hall–Kier alpha value is -1.30. The van der Waals surface area contributed by atoms with E-state index in [-0.39, 0.29) is 28.6 Å². The van der Waals surface area contributed by atoms with Crippen molar-refractivity contribution in [2.75, 3.05) is 33.0 Å². The maximum Gasteiger partial charge on any atom is 0.187 e. The van der Waals surface area contributed by atoms with E-state index in [1.165, 1.54) is 0 Å². The van der Waals surface area contributed by atoms with Crippen LogP contribution in [-0.4, -0.2) is 274 Å². The standard InChI is InChI=1S/C59H100O26/c1-25(2)11-10-15-57(7,85-51-46(75)41(70)40(69)30(81-51)24-77-49-45(74)39(68)29(22-62)78-49)32-13-18-58(8)56(6)17-12-31-54(3,4)35(14-16-55(31,5)33(56)19-34(64)59(32,58)9)82-52-47(42(71)37(66)27(20-60)79-52)84-53-48(43(72)38(67)28(21-61)80-53)83-50-44(73)36(65)26(63)23-76-50/h11,26-53,60-75H,10,12-24H2,1-9H3/t26-,27-,28-,29+,30-,31+,32-,33-,34-,35+,36+,37-,38-,39+,40-,41+,42+,43+,44-,45-,46-,47-,48-,49-,50+,51+,52+,53+,55+,56-,57+,58+,59+/m0/s1. The fourth-order valence-corrected chi connectivity index (χ4v) is 17.8. The summed E-state index contributed by atoms with van der Waals surface area (Å²) < 4.78 is 61.2. The van der Waals surface area contributed by atoms with E-state index in [4.69, 9.17) is 47.4 Å². The molecule has 5 aliphatic heterocycles. The Morgan fingerprint density at radius 1 is 0.541 bits per heavy atom. The lowest BCUT2D eigenvalue weighted by molar-refractivity contribution is -0.395. The van der Waals surface area contributed by atoms with Crippen molar-refractivity contribution in [2.24, 2.45) is 44.8 Å². The van der Waals surface area contributed by atoms with Gasteiger partial charge in [-0.1, -0.05) is 53.2 Å². The Balaban J connectivity index is 0.948. The van der Waals surface area contributed by atoms with Crippen molar-refractivity contribution in [3.63, 3.8) is 0 Å². The van der Waals surface area contributed by atoms with E-state index < -0.39 is 208 Å². The normalized spacial score (nSPS) is 53.3. The number of aliphatic hydroxyl groups is 16. The van der Waals surface area contributed by atoms with Crippen LogP contribution in [-0.2, 0) is 47.4 Å². The summed E-state index contributed by atoms with van der Waals surface area (Å²) >= 11 is 0. The Labute approximate surface area is 496 Å². The zero-order valence-corrected chi connectivity index (χ0v) is 50.4. The third-order valence-electron chi connectivity index (χ3n) is 23.1. The summed E-state index contributed by atoms with van der Waals surface area (Å²) in [6.45, 7) is 16.3. The molecule has 0 aromatic carbocycles. The van der Waals surface area contributed by atoms with Crippen LogP contribution < -0.4 is 0 Å². The van der Waals surface area contributed by atoms with Crippen LogP contribution in [0.5, 0.6) is 0 Å². The summed E-state index contributed by atoms with van der Waals surface area (Å²) in [6.07, 6.45) is -30.7. The molecule has 16 N–H and O–H groups in total. The lowest BCUT2D eigenvalue weighted by Gasteiger charge is -2.73. The van der Waals surface area contributed by atoms with Gasteiger partial charge >= 0.3 is 0 Å². The molecular formula is C59H100O26. The molecule has 9 aliphatic rings. The highest BCUT2D eigenvalue weighted by Crippen LogP contribution is 2.79. The molecule has 4 aliphatic carbocycles. The molecule has 26 heteroatoms. The maximum absolute atomic E-state index is 13.2. The second-order valence-corrected chi connectivity index (χ2v) is 28.2. The van der Waals surface area contributed by atoms with Crippen molar-refractivity contribution in [3.8, 4) is 0 Å². The number of ether oxygens (including phenoxy) is 10. The van der Waals surface area contributed by atoms with Crippen molar-refractivity contribution >= 4 is 0 Å². The molecular weight excluding hydrogens is 1120 g/mol. The Morgan fingerprint density at radius 3 is 1.65 bits per heavy atom. The van der Waals surface area contributed by atoms with Gasteiger partial charge in [0.2, 0.25) is 0 Å². The van der Waals surface area contributed by atoms with Gasteiger partial charge in [0.1, 0.15) is 110 Å². The van der Waals surface area contributed by atoms with Crippen LogP contribution in [0.2, 0.25) is 0 Å². The number of allylic oxidation sites excluding steroid dienone is 2. The minimum atomic E-state index is -1.88. The molecule has 5 saturated heterocycles. The van der Waals surface area contributed by atoms with Gasteiger partial charge in [-0.05, 0) is 118 Å². The molecule has 9 fully saturated rings. The minimum absolute atomic E-state index is 0.0175. The van der Waals surface area contributed by atoms with Crippen molar-refractivity contribution in [1.29, 1.82) is 0 Å². The van der Waals surface area contributed by atoms with Gasteiger partial charge in [-0.25, -0.2) is 0 Å². The summed E-state index contributed by atoms with van der Waals surface area (Å²) in [5, 5.41) is 175. The van der Waals surface area contributed by atoms with E-state index in [9.17, 15) is 81.7 Å². The number of hydrogen-bond acceptors (Lipinski definition) is 26. The average molecular weight is 1230 g/mol. The Kier molecular flexibility index (Phi) is 20.5. The van der Waals surface area contributed by atoms with E-state index in [0.29, 0.717) is 38.5 Å². The molecule has 0 spiro atoms. The lowest BCUT2D eigenvalue weighted by atomic mass is 9.32. The van der Waals surface area contributed by atoms with Crippen LogP contribution in [0.15, 0.2) is 11.6 Å². The highest BCUT2D eigenvalue weighted by atomic mass is 16.8. The van der Waals surface area contributed by atoms with Crippen molar-refractivity contribution < 1.29 is 129 Å². The average Bonchev–Trinajstić information content (AvgIpc) is 1.65. The van der Waals surface area contributed by atoms with Gasteiger partial charge in [0.05, 0.1) is 50.8 Å². The van der Waals surface area contributed by atoms with E-state index in [1.807, 2.05) is 20.8 Å². The molecule has 0 amide bonds. The summed E-state index contributed by atoms with van der Waals surface area (Å²) in [4.78, 5) is 0. The molecule has 26 nitrogen and oxygen atoms in total. The first-order valence-corrected chi connectivity index (χ1v) is 30.6. The fraction of sp³-hybridized carbons (Fsp3) is 0.966.